The van der Waals surface area contributed by atoms with E-state index in [0.29, 0.717) is 68.7 Å². The Hall–Kier alpha value is -5.51. The topological polar surface area (TPSA) is 158 Å². The van der Waals surface area contributed by atoms with Crippen LogP contribution in [0.2, 0.25) is 0 Å². The van der Waals surface area contributed by atoms with Crippen LogP contribution in [0, 0.1) is 11.7 Å². The van der Waals surface area contributed by atoms with Gasteiger partial charge in [0.05, 0.1) is 16.9 Å². The molecule has 312 valence electrons. The van der Waals surface area contributed by atoms with Crippen LogP contribution < -0.4 is 20.4 Å². The summed E-state index contributed by atoms with van der Waals surface area (Å²) in [6.07, 6.45) is 3.45. The molecular formula is C43H53FN10O5. The van der Waals surface area contributed by atoms with E-state index in [1.54, 1.807) is 17.0 Å². The van der Waals surface area contributed by atoms with E-state index < -0.39 is 23.5 Å². The standard InChI is InChI=1S/C43H53FN10O5/c1-4-43-24-45-39-36(19-34(47-48-39)31-6-5-7-33(44)38(31)56)54(43)17-16-50(25-43)42(59)52-21-26(2)51(20-27(52)3)22-28-12-14-49(15-13-28)30-9-8-29-23-53(41(58)32(29)18-30)35-10-11-37(55)46-40(35)57/h5-9,18-19,26-28,35,56H,4,10-17,20-25H2,1-3H3,(H,45,48)(H,46,55,57)/t26-,27+,35+,43+/m0/s1. The van der Waals surface area contributed by atoms with E-state index in [2.05, 4.69) is 67.3 Å². The van der Waals surface area contributed by atoms with Crippen LogP contribution in [0.25, 0.3) is 11.3 Å². The van der Waals surface area contributed by atoms with E-state index in [1.807, 2.05) is 23.1 Å². The highest BCUT2D eigenvalue weighted by molar-refractivity contribution is 6.05. The van der Waals surface area contributed by atoms with Crippen LogP contribution in [0.1, 0.15) is 68.8 Å². The fourth-order valence-corrected chi connectivity index (χ4v) is 10.3. The molecule has 5 amide bonds. The molecule has 9 rings (SSSR count). The molecule has 3 aromatic rings. The first-order valence-electron chi connectivity index (χ1n) is 21.1. The Bertz CT molecular complexity index is 2180. The molecule has 59 heavy (non-hydrogen) atoms. The summed E-state index contributed by atoms with van der Waals surface area (Å²) >= 11 is 0. The highest BCUT2D eigenvalue weighted by atomic mass is 19.1. The highest BCUT2D eigenvalue weighted by Gasteiger charge is 2.47. The molecule has 0 bridgehead atoms. The maximum atomic E-state index is 14.3. The summed E-state index contributed by atoms with van der Waals surface area (Å²) in [6.45, 7) is 13.5. The van der Waals surface area contributed by atoms with Crippen molar-refractivity contribution in [1.82, 2.24) is 35.1 Å². The lowest BCUT2D eigenvalue weighted by atomic mass is 9.87. The van der Waals surface area contributed by atoms with Crippen molar-refractivity contribution in [3.63, 3.8) is 0 Å². The first-order chi connectivity index (χ1) is 28.4. The van der Waals surface area contributed by atoms with Crippen molar-refractivity contribution < 1.29 is 28.7 Å². The third kappa shape index (κ3) is 6.98. The number of nitrogens with zero attached hydrogens (tertiary/aromatic N) is 8. The lowest BCUT2D eigenvalue weighted by Crippen LogP contribution is -2.70. The largest absolute Gasteiger partial charge is 0.504 e. The number of carbonyl (C=O) groups excluding carboxylic acids is 4. The number of aromatic nitrogens is 2. The quantitative estimate of drug-likeness (QED) is 0.311. The smallest absolute Gasteiger partial charge is 0.320 e. The number of phenolic OH excluding ortho intramolecular Hbond substituents is 1. The van der Waals surface area contributed by atoms with Crippen molar-refractivity contribution in [1.29, 1.82) is 0 Å². The van der Waals surface area contributed by atoms with Crippen molar-refractivity contribution in [2.75, 3.05) is 74.0 Å². The van der Waals surface area contributed by atoms with Gasteiger partial charge in [-0.1, -0.05) is 19.1 Å². The molecule has 6 aliphatic rings. The summed E-state index contributed by atoms with van der Waals surface area (Å²) in [7, 11) is 0. The van der Waals surface area contributed by atoms with Gasteiger partial charge < -0.3 is 34.9 Å². The van der Waals surface area contributed by atoms with Crippen molar-refractivity contribution in [2.24, 2.45) is 5.92 Å². The van der Waals surface area contributed by atoms with E-state index in [1.165, 1.54) is 6.07 Å². The number of hydrogen-bond donors (Lipinski definition) is 3. The normalized spacial score (nSPS) is 26.3. The fraction of sp³-hybridized carbons (Fsp3) is 0.535. The molecule has 0 saturated carbocycles. The number of halogens is 1. The Kier molecular flexibility index (Phi) is 10.1. The van der Waals surface area contributed by atoms with Crippen molar-refractivity contribution >= 4 is 40.9 Å². The van der Waals surface area contributed by atoms with Crippen molar-refractivity contribution in [3.8, 4) is 17.0 Å². The van der Waals surface area contributed by atoms with Gasteiger partial charge in [-0.15, -0.1) is 10.2 Å². The molecule has 4 saturated heterocycles. The number of benzene rings is 2. The summed E-state index contributed by atoms with van der Waals surface area (Å²) in [4.78, 5) is 64.8. The van der Waals surface area contributed by atoms with Gasteiger partial charge in [-0.2, -0.15) is 0 Å². The maximum absolute atomic E-state index is 14.3. The summed E-state index contributed by atoms with van der Waals surface area (Å²) in [6, 6.07) is 12.0. The number of aromatic hydroxyl groups is 1. The average Bonchev–Trinajstić information content (AvgIpc) is 3.57. The minimum atomic E-state index is -0.711. The molecule has 7 heterocycles. The summed E-state index contributed by atoms with van der Waals surface area (Å²) in [5.41, 5.74) is 3.71. The lowest BCUT2D eigenvalue weighted by Gasteiger charge is -2.55. The van der Waals surface area contributed by atoms with Crippen LogP contribution >= 0.6 is 0 Å². The molecule has 0 aliphatic carbocycles. The monoisotopic (exact) mass is 808 g/mol. The first-order valence-corrected chi connectivity index (χ1v) is 21.1. The van der Waals surface area contributed by atoms with E-state index in [-0.39, 0.29) is 47.5 Å². The molecule has 0 radical (unpaired) electrons. The molecule has 4 atom stereocenters. The number of piperazine rings is 2. The number of para-hydroxylation sites is 1. The Balaban J connectivity index is 0.792. The van der Waals surface area contributed by atoms with Crippen LogP contribution in [0.5, 0.6) is 5.75 Å². The SMILES string of the molecule is CC[C@]12CNc3nnc(-c4cccc(F)c4O)cc3N1CCN(C(=O)N1C[C@H](C)N(CC3CCN(c4ccc5c(c4)C(=O)N([C@@H]4CCC(=O)NC4=O)C5)CC3)C[C@H]1C)C2. The molecule has 16 heteroatoms. The minimum absolute atomic E-state index is 0.0556. The second-order valence-corrected chi connectivity index (χ2v) is 17.4. The Morgan fingerprint density at radius 2 is 1.78 bits per heavy atom. The average molecular weight is 809 g/mol. The predicted molar refractivity (Wildman–Crippen MR) is 220 cm³/mol. The van der Waals surface area contributed by atoms with Gasteiger partial charge in [0, 0.05) is 101 Å². The van der Waals surface area contributed by atoms with Crippen LogP contribution in [-0.4, -0.2) is 141 Å². The fourth-order valence-electron chi connectivity index (χ4n) is 10.3. The van der Waals surface area contributed by atoms with Gasteiger partial charge in [0.2, 0.25) is 11.8 Å². The van der Waals surface area contributed by atoms with Crippen LogP contribution in [0.4, 0.5) is 26.4 Å². The minimum Gasteiger partial charge on any atom is -0.504 e. The van der Waals surface area contributed by atoms with E-state index >= 15 is 0 Å². The highest BCUT2D eigenvalue weighted by Crippen LogP contribution is 2.42. The number of nitrogens with one attached hydrogen (secondary N) is 2. The number of urea groups is 1. The molecule has 4 fully saturated rings. The van der Waals surface area contributed by atoms with Gasteiger partial charge in [-0.05, 0) is 81.3 Å². The van der Waals surface area contributed by atoms with Crippen molar-refractivity contribution in [3.05, 3.63) is 59.4 Å². The first kappa shape index (κ1) is 39.0. The predicted octanol–water partition coefficient (Wildman–Crippen LogP) is 3.88. The molecule has 3 N–H and O–H groups in total. The van der Waals surface area contributed by atoms with Gasteiger partial charge in [-0.25, -0.2) is 9.18 Å². The lowest BCUT2D eigenvalue weighted by molar-refractivity contribution is -0.136. The molecule has 0 unspecified atom stereocenters. The Morgan fingerprint density at radius 3 is 2.56 bits per heavy atom. The van der Waals surface area contributed by atoms with Crippen molar-refractivity contribution in [2.45, 2.75) is 83.1 Å². The number of anilines is 3. The van der Waals surface area contributed by atoms with Crippen LogP contribution in [0.15, 0.2) is 42.5 Å². The number of amides is 5. The number of hydrogen-bond acceptors (Lipinski definition) is 11. The van der Waals surface area contributed by atoms with E-state index in [4.69, 9.17) is 0 Å². The molecule has 0 spiro atoms. The summed E-state index contributed by atoms with van der Waals surface area (Å²) in [5.74, 6) is -0.833. The third-order valence-electron chi connectivity index (χ3n) is 13.8. The van der Waals surface area contributed by atoms with Crippen LogP contribution in [-0.2, 0) is 16.1 Å². The van der Waals surface area contributed by atoms with Gasteiger partial charge >= 0.3 is 6.03 Å². The second-order valence-electron chi connectivity index (χ2n) is 17.4. The zero-order chi connectivity index (χ0) is 41.2. The second kappa shape index (κ2) is 15.3. The zero-order valence-corrected chi connectivity index (χ0v) is 34.0. The van der Waals surface area contributed by atoms with Gasteiger partial charge in [0.1, 0.15) is 6.04 Å². The molecule has 6 aliphatic heterocycles. The van der Waals surface area contributed by atoms with Gasteiger partial charge in [-0.3, -0.25) is 24.6 Å². The number of rotatable bonds is 6. The van der Waals surface area contributed by atoms with Crippen LogP contribution in [0.3, 0.4) is 0 Å². The Morgan fingerprint density at radius 1 is 0.966 bits per heavy atom. The summed E-state index contributed by atoms with van der Waals surface area (Å²) < 4.78 is 14.2. The maximum Gasteiger partial charge on any atom is 0.320 e. The third-order valence-corrected chi connectivity index (χ3v) is 13.8. The molecular weight excluding hydrogens is 756 g/mol. The molecule has 15 nitrogen and oxygen atoms in total. The number of piperidine rings is 2. The van der Waals surface area contributed by atoms with Gasteiger partial charge in [0.25, 0.3) is 5.91 Å². The number of carbonyl (C=O) groups is 4. The Labute approximate surface area is 343 Å². The number of phenols is 1. The van der Waals surface area contributed by atoms with E-state index in [0.717, 1.165) is 62.4 Å². The number of imide groups is 1. The summed E-state index contributed by atoms with van der Waals surface area (Å²) in [5, 5.41) is 24.9. The molecule has 1 aromatic heterocycles. The van der Waals surface area contributed by atoms with E-state index in [9.17, 15) is 28.7 Å². The zero-order valence-electron chi connectivity index (χ0n) is 34.0. The number of fused-ring (bicyclic) bond motifs is 4. The molecule has 2 aromatic carbocycles. The van der Waals surface area contributed by atoms with Gasteiger partial charge in [0.15, 0.2) is 17.4 Å².